The van der Waals surface area contributed by atoms with Crippen molar-refractivity contribution in [3.05, 3.63) is 53.7 Å². The van der Waals surface area contributed by atoms with Crippen molar-refractivity contribution in [2.75, 3.05) is 20.1 Å². The summed E-state index contributed by atoms with van der Waals surface area (Å²) in [5.74, 6) is -1.48. The summed E-state index contributed by atoms with van der Waals surface area (Å²) in [6, 6.07) is 6.53. The minimum Gasteiger partial charge on any atom is -0.436 e. The van der Waals surface area contributed by atoms with Gasteiger partial charge in [0.15, 0.2) is 11.6 Å². The first-order valence-corrected chi connectivity index (χ1v) is 8.56. The molecule has 1 atom stereocenters. The van der Waals surface area contributed by atoms with E-state index in [4.69, 9.17) is 4.74 Å². The van der Waals surface area contributed by atoms with Gasteiger partial charge >= 0.3 is 0 Å². The first-order chi connectivity index (χ1) is 12.5. The summed E-state index contributed by atoms with van der Waals surface area (Å²) in [4.78, 5) is 18.6. The van der Waals surface area contributed by atoms with Crippen molar-refractivity contribution < 1.29 is 18.3 Å². The average Bonchev–Trinajstić information content (AvgIpc) is 2.63. The maximum Gasteiger partial charge on any atom is 0.224 e. The van der Waals surface area contributed by atoms with Gasteiger partial charge in [-0.2, -0.15) is 0 Å². The van der Waals surface area contributed by atoms with Crippen LogP contribution in [-0.2, 0) is 11.3 Å². The molecular weight excluding hydrogens is 340 g/mol. The standard InChI is InChI=1S/C19H21F2N3O2/c1-24-9-3-5-14(12-24)18(25)23-11-13-4-2-8-22-19(13)26-17-7-6-15(20)10-16(17)21/h2,4,6-8,10,14H,3,5,9,11-12H2,1H3,(H,23,25)/t14-/m0/s1. The number of nitrogens with one attached hydrogen (secondary N) is 1. The van der Waals surface area contributed by atoms with Crippen LogP contribution < -0.4 is 10.1 Å². The molecule has 1 aliphatic heterocycles. The topological polar surface area (TPSA) is 54.5 Å². The number of aromatic nitrogens is 1. The summed E-state index contributed by atoms with van der Waals surface area (Å²) >= 11 is 0. The quantitative estimate of drug-likeness (QED) is 0.889. The van der Waals surface area contributed by atoms with Crippen LogP contribution in [0.3, 0.4) is 0 Å². The van der Waals surface area contributed by atoms with Gasteiger partial charge in [0, 0.05) is 30.9 Å². The molecule has 2 aromatic rings. The molecule has 5 nitrogen and oxygen atoms in total. The fraction of sp³-hybridized carbons (Fsp3) is 0.368. The number of likely N-dealkylation sites (tertiary alicyclic amines) is 1. The molecule has 0 saturated carbocycles. The highest BCUT2D eigenvalue weighted by molar-refractivity contribution is 5.79. The van der Waals surface area contributed by atoms with E-state index < -0.39 is 11.6 Å². The molecule has 0 aliphatic carbocycles. The second-order valence-electron chi connectivity index (χ2n) is 6.46. The minimum atomic E-state index is -0.809. The van der Waals surface area contributed by atoms with Gasteiger partial charge < -0.3 is 15.0 Å². The van der Waals surface area contributed by atoms with E-state index in [2.05, 4.69) is 15.2 Å². The molecule has 1 aromatic heterocycles. The average molecular weight is 361 g/mol. The number of piperidine rings is 1. The van der Waals surface area contributed by atoms with Gasteiger partial charge in [-0.3, -0.25) is 4.79 Å². The lowest BCUT2D eigenvalue weighted by atomic mass is 9.97. The third-order valence-electron chi connectivity index (χ3n) is 4.40. The highest BCUT2D eigenvalue weighted by atomic mass is 19.1. The zero-order valence-corrected chi connectivity index (χ0v) is 14.5. The maximum atomic E-state index is 13.8. The fourth-order valence-corrected chi connectivity index (χ4v) is 3.02. The van der Waals surface area contributed by atoms with Crippen molar-refractivity contribution in [3.63, 3.8) is 0 Å². The molecule has 0 unspecified atom stereocenters. The number of nitrogens with zero attached hydrogens (tertiary/aromatic N) is 2. The number of ether oxygens (including phenoxy) is 1. The second-order valence-corrected chi connectivity index (χ2v) is 6.46. The number of carbonyl (C=O) groups is 1. The molecule has 3 rings (SSSR count). The maximum absolute atomic E-state index is 13.8. The molecule has 1 aromatic carbocycles. The lowest BCUT2D eigenvalue weighted by Crippen LogP contribution is -2.41. The third-order valence-corrected chi connectivity index (χ3v) is 4.40. The normalized spacial score (nSPS) is 17.7. The number of halogens is 2. The Kier molecular flexibility index (Phi) is 5.78. The molecule has 7 heteroatoms. The number of benzene rings is 1. The minimum absolute atomic E-state index is 0.0145. The lowest BCUT2D eigenvalue weighted by molar-refractivity contribution is -0.126. The van der Waals surface area contributed by atoms with Crippen LogP contribution in [0.2, 0.25) is 0 Å². The second kappa shape index (κ2) is 8.23. The van der Waals surface area contributed by atoms with Crippen LogP contribution in [0.25, 0.3) is 0 Å². The molecule has 1 amide bonds. The summed E-state index contributed by atoms with van der Waals surface area (Å²) in [5.41, 5.74) is 0.619. The Morgan fingerprint density at radius 3 is 3.00 bits per heavy atom. The Hall–Kier alpha value is -2.54. The molecule has 1 saturated heterocycles. The molecule has 0 radical (unpaired) electrons. The van der Waals surface area contributed by atoms with Crippen molar-refractivity contribution in [1.29, 1.82) is 0 Å². The Morgan fingerprint density at radius 1 is 1.38 bits per heavy atom. The summed E-state index contributed by atoms with van der Waals surface area (Å²) in [6.45, 7) is 1.97. The predicted molar refractivity (Wildman–Crippen MR) is 92.7 cm³/mol. The zero-order chi connectivity index (χ0) is 18.5. The van der Waals surface area contributed by atoms with Crippen molar-refractivity contribution in [1.82, 2.24) is 15.2 Å². The number of hydrogen-bond donors (Lipinski definition) is 1. The smallest absolute Gasteiger partial charge is 0.224 e. The van der Waals surface area contributed by atoms with Crippen molar-refractivity contribution in [3.8, 4) is 11.6 Å². The van der Waals surface area contributed by atoms with E-state index in [1.54, 1.807) is 12.1 Å². The number of amides is 1. The molecule has 26 heavy (non-hydrogen) atoms. The first-order valence-electron chi connectivity index (χ1n) is 8.56. The van der Waals surface area contributed by atoms with Crippen molar-refractivity contribution in [2.24, 2.45) is 5.92 Å². The van der Waals surface area contributed by atoms with Gasteiger partial charge in [0.25, 0.3) is 0 Å². The van der Waals surface area contributed by atoms with Crippen LogP contribution >= 0.6 is 0 Å². The Bertz CT molecular complexity index is 785. The number of carbonyl (C=O) groups excluding carboxylic acids is 1. The molecule has 1 N–H and O–H groups in total. The van der Waals surface area contributed by atoms with E-state index in [0.717, 1.165) is 38.1 Å². The van der Waals surface area contributed by atoms with Crippen LogP contribution in [0.15, 0.2) is 36.5 Å². The van der Waals surface area contributed by atoms with Gasteiger partial charge in [0.2, 0.25) is 11.8 Å². The monoisotopic (exact) mass is 361 g/mol. The predicted octanol–water partition coefficient (Wildman–Crippen LogP) is 3.11. The van der Waals surface area contributed by atoms with E-state index in [1.807, 2.05) is 7.05 Å². The van der Waals surface area contributed by atoms with E-state index in [0.29, 0.717) is 5.56 Å². The van der Waals surface area contributed by atoms with Gasteiger partial charge in [-0.1, -0.05) is 6.07 Å². The lowest BCUT2D eigenvalue weighted by Gasteiger charge is -2.28. The SMILES string of the molecule is CN1CCC[C@H](C(=O)NCc2cccnc2Oc2ccc(F)cc2F)C1. The Morgan fingerprint density at radius 2 is 2.23 bits per heavy atom. The van der Waals surface area contributed by atoms with E-state index in [1.165, 1.54) is 12.3 Å². The zero-order valence-electron chi connectivity index (χ0n) is 14.5. The van der Waals surface area contributed by atoms with Crippen molar-refractivity contribution >= 4 is 5.91 Å². The molecule has 1 aliphatic rings. The van der Waals surface area contributed by atoms with Crippen LogP contribution in [0.4, 0.5) is 8.78 Å². The highest BCUT2D eigenvalue weighted by Gasteiger charge is 2.24. The summed E-state index contributed by atoms with van der Waals surface area (Å²) in [6.07, 6.45) is 3.38. The molecule has 0 spiro atoms. The summed E-state index contributed by atoms with van der Waals surface area (Å²) < 4.78 is 32.3. The molecule has 138 valence electrons. The summed E-state index contributed by atoms with van der Waals surface area (Å²) in [7, 11) is 2.00. The number of rotatable bonds is 5. The van der Waals surface area contributed by atoms with Crippen LogP contribution in [0.1, 0.15) is 18.4 Å². The van der Waals surface area contributed by atoms with Crippen LogP contribution in [0.5, 0.6) is 11.6 Å². The van der Waals surface area contributed by atoms with Crippen LogP contribution in [-0.4, -0.2) is 35.9 Å². The van der Waals surface area contributed by atoms with Crippen LogP contribution in [0, 0.1) is 17.6 Å². The molecule has 2 heterocycles. The largest absolute Gasteiger partial charge is 0.436 e. The molecule has 0 bridgehead atoms. The van der Waals surface area contributed by atoms with Gasteiger partial charge in [-0.05, 0) is 44.6 Å². The van der Waals surface area contributed by atoms with Crippen molar-refractivity contribution in [2.45, 2.75) is 19.4 Å². The Balaban J connectivity index is 1.66. The number of hydrogen-bond acceptors (Lipinski definition) is 4. The van der Waals surface area contributed by atoms with E-state index in [-0.39, 0.29) is 30.0 Å². The number of pyridine rings is 1. The van der Waals surface area contributed by atoms with Gasteiger partial charge in [-0.15, -0.1) is 0 Å². The highest BCUT2D eigenvalue weighted by Crippen LogP contribution is 2.26. The van der Waals surface area contributed by atoms with Gasteiger partial charge in [-0.25, -0.2) is 13.8 Å². The first kappa shape index (κ1) is 18.3. The fourth-order valence-electron chi connectivity index (χ4n) is 3.02. The third kappa shape index (κ3) is 4.54. The van der Waals surface area contributed by atoms with E-state index >= 15 is 0 Å². The Labute approximate surface area is 151 Å². The molecular formula is C19H21F2N3O2. The van der Waals surface area contributed by atoms with Gasteiger partial charge in [0.05, 0.1) is 5.92 Å². The summed E-state index contributed by atoms with van der Waals surface area (Å²) in [5, 5.41) is 2.90. The van der Waals surface area contributed by atoms with Gasteiger partial charge in [0.1, 0.15) is 5.82 Å². The molecule has 1 fully saturated rings. The van der Waals surface area contributed by atoms with E-state index in [9.17, 15) is 13.6 Å².